The molecular weight excluding hydrogens is 208 g/mol. The Kier molecular flexibility index (Phi) is 4.05. The second-order valence-corrected chi connectivity index (χ2v) is 3.22. The molecule has 0 atom stereocenters. The summed E-state index contributed by atoms with van der Waals surface area (Å²) in [6.07, 6.45) is 1.44. The number of hydrogen-bond donors (Lipinski definition) is 2. The minimum atomic E-state index is -0.203. The van der Waals surface area contributed by atoms with E-state index in [2.05, 4.69) is 22.9 Å². The first-order valence-electron chi connectivity index (χ1n) is 3.74. The second kappa shape index (κ2) is 5.09. The van der Waals surface area contributed by atoms with Crippen molar-refractivity contribution in [3.05, 3.63) is 29.0 Å². The molecule has 5 heteroatoms. The SMILES string of the molecule is O=C(NCCS)c1ccc(Cl)cn1. The molecule has 0 aliphatic carbocycles. The molecular formula is C8H9ClN2OS. The van der Waals surface area contributed by atoms with E-state index in [-0.39, 0.29) is 5.91 Å². The number of aromatic nitrogens is 1. The highest BCUT2D eigenvalue weighted by atomic mass is 35.5. The van der Waals surface area contributed by atoms with Gasteiger partial charge in [0.25, 0.3) is 5.91 Å². The number of amides is 1. The Morgan fingerprint density at radius 2 is 2.38 bits per heavy atom. The van der Waals surface area contributed by atoms with Crippen LogP contribution in [0.4, 0.5) is 0 Å². The summed E-state index contributed by atoms with van der Waals surface area (Å²) in [7, 11) is 0. The third-order valence-corrected chi connectivity index (χ3v) is 1.80. The number of carbonyl (C=O) groups excluding carboxylic acids is 1. The summed E-state index contributed by atoms with van der Waals surface area (Å²) in [5, 5.41) is 3.17. The van der Waals surface area contributed by atoms with Crippen molar-refractivity contribution in [2.45, 2.75) is 0 Å². The Hall–Kier alpha value is -0.740. The average Bonchev–Trinajstić information content (AvgIpc) is 2.15. The fourth-order valence-corrected chi connectivity index (χ4v) is 0.994. The van der Waals surface area contributed by atoms with Crippen LogP contribution < -0.4 is 5.32 Å². The minimum absolute atomic E-state index is 0.203. The van der Waals surface area contributed by atoms with Crippen LogP contribution in [0.1, 0.15) is 10.5 Å². The molecule has 1 aromatic heterocycles. The molecule has 1 rings (SSSR count). The van der Waals surface area contributed by atoms with Crippen molar-refractivity contribution in [2.75, 3.05) is 12.3 Å². The third kappa shape index (κ3) is 3.24. The molecule has 0 fully saturated rings. The molecule has 70 valence electrons. The fourth-order valence-electron chi connectivity index (χ4n) is 0.770. The molecule has 1 amide bonds. The molecule has 0 saturated carbocycles. The van der Waals surface area contributed by atoms with Crippen molar-refractivity contribution in [1.82, 2.24) is 10.3 Å². The highest BCUT2D eigenvalue weighted by Gasteiger charge is 2.04. The van der Waals surface area contributed by atoms with Crippen LogP contribution in [-0.2, 0) is 0 Å². The summed E-state index contributed by atoms with van der Waals surface area (Å²) in [6.45, 7) is 0.534. The van der Waals surface area contributed by atoms with E-state index in [1.165, 1.54) is 6.20 Å². The molecule has 0 unspecified atom stereocenters. The van der Waals surface area contributed by atoms with Crippen molar-refractivity contribution in [3.8, 4) is 0 Å². The molecule has 3 nitrogen and oxygen atoms in total. The smallest absolute Gasteiger partial charge is 0.269 e. The maximum Gasteiger partial charge on any atom is 0.269 e. The van der Waals surface area contributed by atoms with Gasteiger partial charge in [-0.3, -0.25) is 4.79 Å². The van der Waals surface area contributed by atoms with Crippen LogP contribution in [0.5, 0.6) is 0 Å². The Balaban J connectivity index is 2.61. The minimum Gasteiger partial charge on any atom is -0.350 e. The predicted octanol–water partition coefficient (Wildman–Crippen LogP) is 1.39. The number of nitrogens with one attached hydrogen (secondary N) is 1. The van der Waals surface area contributed by atoms with Crippen molar-refractivity contribution >= 4 is 30.1 Å². The molecule has 0 aliphatic rings. The predicted molar refractivity (Wildman–Crippen MR) is 55.4 cm³/mol. The lowest BCUT2D eigenvalue weighted by Crippen LogP contribution is -2.25. The standard InChI is InChI=1S/C8H9ClN2OS/c9-6-1-2-7(11-5-6)8(12)10-3-4-13/h1-2,5,13H,3-4H2,(H,10,12). The quantitative estimate of drug-likeness (QED) is 0.750. The highest BCUT2D eigenvalue weighted by molar-refractivity contribution is 7.80. The maximum absolute atomic E-state index is 11.3. The van der Waals surface area contributed by atoms with Gasteiger partial charge in [-0.2, -0.15) is 12.6 Å². The summed E-state index contributed by atoms with van der Waals surface area (Å²) >= 11 is 9.58. The molecule has 13 heavy (non-hydrogen) atoms. The van der Waals surface area contributed by atoms with Crippen LogP contribution in [0.3, 0.4) is 0 Å². The van der Waals surface area contributed by atoms with Gasteiger partial charge in [0.05, 0.1) is 5.02 Å². The lowest BCUT2D eigenvalue weighted by Gasteiger charge is -2.01. The van der Waals surface area contributed by atoms with Crippen LogP contribution in [0, 0.1) is 0 Å². The van der Waals surface area contributed by atoms with Gasteiger partial charge in [-0.25, -0.2) is 4.98 Å². The molecule has 0 aliphatic heterocycles. The summed E-state index contributed by atoms with van der Waals surface area (Å²) in [5.74, 6) is 0.407. The van der Waals surface area contributed by atoms with Gasteiger partial charge in [0.1, 0.15) is 5.69 Å². The Bertz CT molecular complexity index is 289. The van der Waals surface area contributed by atoms with Gasteiger partial charge in [-0.1, -0.05) is 11.6 Å². The number of carbonyl (C=O) groups is 1. The zero-order chi connectivity index (χ0) is 9.68. The zero-order valence-corrected chi connectivity index (χ0v) is 8.48. The van der Waals surface area contributed by atoms with Crippen LogP contribution in [-0.4, -0.2) is 23.2 Å². The number of thiol groups is 1. The van der Waals surface area contributed by atoms with Gasteiger partial charge < -0.3 is 5.32 Å². The number of pyridine rings is 1. The number of halogens is 1. The Morgan fingerprint density at radius 1 is 1.62 bits per heavy atom. The van der Waals surface area contributed by atoms with Gasteiger partial charge in [0.2, 0.25) is 0 Å². The van der Waals surface area contributed by atoms with Gasteiger partial charge in [0.15, 0.2) is 0 Å². The largest absolute Gasteiger partial charge is 0.350 e. The zero-order valence-electron chi connectivity index (χ0n) is 6.83. The van der Waals surface area contributed by atoms with Gasteiger partial charge in [-0.05, 0) is 12.1 Å². The summed E-state index contributed by atoms with van der Waals surface area (Å²) < 4.78 is 0. The number of hydrogen-bond acceptors (Lipinski definition) is 3. The van der Waals surface area contributed by atoms with E-state index in [1.54, 1.807) is 12.1 Å². The number of rotatable bonds is 3. The molecule has 0 bridgehead atoms. The molecule has 0 spiro atoms. The van der Waals surface area contributed by atoms with Crippen LogP contribution in [0.25, 0.3) is 0 Å². The monoisotopic (exact) mass is 216 g/mol. The molecule has 0 saturated heterocycles. The summed E-state index contributed by atoms with van der Waals surface area (Å²) in [6, 6.07) is 3.21. The van der Waals surface area contributed by atoms with Crippen molar-refractivity contribution < 1.29 is 4.79 Å². The van der Waals surface area contributed by atoms with Crippen molar-refractivity contribution in [3.63, 3.8) is 0 Å². The van der Waals surface area contributed by atoms with Crippen LogP contribution in [0.15, 0.2) is 18.3 Å². The lowest BCUT2D eigenvalue weighted by molar-refractivity contribution is 0.0951. The molecule has 1 aromatic rings. The molecule has 0 aromatic carbocycles. The van der Waals surface area contributed by atoms with Crippen molar-refractivity contribution in [2.24, 2.45) is 0 Å². The third-order valence-electron chi connectivity index (χ3n) is 1.36. The molecule has 1 heterocycles. The summed E-state index contributed by atoms with van der Waals surface area (Å²) in [4.78, 5) is 15.1. The van der Waals surface area contributed by atoms with E-state index in [0.717, 1.165) is 0 Å². The van der Waals surface area contributed by atoms with E-state index in [4.69, 9.17) is 11.6 Å². The first kappa shape index (κ1) is 10.3. The first-order chi connectivity index (χ1) is 6.24. The van der Waals surface area contributed by atoms with Gasteiger partial charge in [0, 0.05) is 18.5 Å². The highest BCUT2D eigenvalue weighted by Crippen LogP contribution is 2.05. The molecule has 1 N–H and O–H groups in total. The topological polar surface area (TPSA) is 42.0 Å². The molecule has 0 radical (unpaired) electrons. The van der Waals surface area contributed by atoms with E-state index < -0.39 is 0 Å². The average molecular weight is 217 g/mol. The Morgan fingerprint density at radius 3 is 2.92 bits per heavy atom. The van der Waals surface area contributed by atoms with E-state index >= 15 is 0 Å². The van der Waals surface area contributed by atoms with Crippen LogP contribution >= 0.6 is 24.2 Å². The Labute approximate surface area is 86.9 Å². The van der Waals surface area contributed by atoms with E-state index in [0.29, 0.717) is 23.0 Å². The second-order valence-electron chi connectivity index (χ2n) is 2.34. The van der Waals surface area contributed by atoms with Crippen molar-refractivity contribution in [1.29, 1.82) is 0 Å². The van der Waals surface area contributed by atoms with E-state index in [1.807, 2.05) is 0 Å². The summed E-state index contributed by atoms with van der Waals surface area (Å²) in [5.41, 5.74) is 0.367. The van der Waals surface area contributed by atoms with Gasteiger partial charge in [-0.15, -0.1) is 0 Å². The maximum atomic E-state index is 11.3. The van der Waals surface area contributed by atoms with Crippen LogP contribution in [0.2, 0.25) is 5.02 Å². The first-order valence-corrected chi connectivity index (χ1v) is 4.75. The van der Waals surface area contributed by atoms with E-state index in [9.17, 15) is 4.79 Å². The fraction of sp³-hybridized carbons (Fsp3) is 0.250. The lowest BCUT2D eigenvalue weighted by atomic mass is 10.3. The van der Waals surface area contributed by atoms with Gasteiger partial charge >= 0.3 is 0 Å². The number of nitrogens with zero attached hydrogens (tertiary/aromatic N) is 1. The normalized spacial score (nSPS) is 9.69.